The fraction of sp³-hybridized carbons (Fsp3) is 0.385. The number of alkyl halides is 1. The smallest absolute Gasteiger partial charge is 0.184 e. The van der Waals surface area contributed by atoms with Crippen LogP contribution in [-0.4, -0.2) is 25.2 Å². The number of benzene rings is 1. The molecule has 1 aromatic carbocycles. The highest BCUT2D eigenvalue weighted by Gasteiger charge is 2.18. The molecule has 17 heavy (non-hydrogen) atoms. The van der Waals surface area contributed by atoms with Crippen LogP contribution < -0.4 is 4.74 Å². The highest BCUT2D eigenvalue weighted by molar-refractivity contribution is 9.09. The van der Waals surface area contributed by atoms with Gasteiger partial charge in [0.05, 0.1) is 13.2 Å². The van der Waals surface area contributed by atoms with E-state index in [1.54, 1.807) is 0 Å². The third-order valence-corrected chi connectivity index (χ3v) is 2.73. The average Bonchev–Trinajstić information content (AvgIpc) is 2.89. The minimum Gasteiger partial charge on any atom is -0.490 e. The van der Waals surface area contributed by atoms with Crippen LogP contribution in [0.3, 0.4) is 0 Å². The third kappa shape index (κ3) is 3.84. The van der Waals surface area contributed by atoms with Gasteiger partial charge in [-0.25, -0.2) is 0 Å². The maximum Gasteiger partial charge on any atom is 0.184 e. The lowest BCUT2D eigenvalue weighted by Crippen LogP contribution is -1.99. The van der Waals surface area contributed by atoms with Crippen molar-refractivity contribution in [1.29, 1.82) is 0 Å². The summed E-state index contributed by atoms with van der Waals surface area (Å²) in [6.45, 7) is 1.88. The Hall–Kier alpha value is -0.840. The number of rotatable bonds is 5. The van der Waals surface area contributed by atoms with E-state index in [9.17, 15) is 0 Å². The Morgan fingerprint density at radius 2 is 2.12 bits per heavy atom. The largest absolute Gasteiger partial charge is 0.490 e. The van der Waals surface area contributed by atoms with Gasteiger partial charge in [0.2, 0.25) is 0 Å². The predicted molar refractivity (Wildman–Crippen MR) is 69.5 cm³/mol. The lowest BCUT2D eigenvalue weighted by atomic mass is 10.2. The van der Waals surface area contributed by atoms with Crippen LogP contribution in [-0.2, 0) is 9.47 Å². The summed E-state index contributed by atoms with van der Waals surface area (Å²) in [6.07, 6.45) is 3.74. The quantitative estimate of drug-likeness (QED) is 0.618. The van der Waals surface area contributed by atoms with Crippen molar-refractivity contribution in [1.82, 2.24) is 0 Å². The molecule has 1 aliphatic heterocycles. The number of ether oxygens (including phenoxy) is 3. The molecule has 1 heterocycles. The van der Waals surface area contributed by atoms with Gasteiger partial charge in [0.25, 0.3) is 0 Å². The van der Waals surface area contributed by atoms with Gasteiger partial charge >= 0.3 is 0 Å². The molecule has 0 radical (unpaired) electrons. The fourth-order valence-corrected chi connectivity index (χ4v) is 1.84. The van der Waals surface area contributed by atoms with Gasteiger partial charge in [-0.3, -0.25) is 0 Å². The molecular weight excluding hydrogens is 284 g/mol. The second-order valence-electron chi connectivity index (χ2n) is 3.58. The lowest BCUT2D eigenvalue weighted by molar-refractivity contribution is -0.0442. The van der Waals surface area contributed by atoms with Crippen LogP contribution in [0, 0.1) is 0 Å². The Morgan fingerprint density at radius 3 is 2.88 bits per heavy atom. The van der Waals surface area contributed by atoms with Crippen LogP contribution in [0.4, 0.5) is 0 Å². The van der Waals surface area contributed by atoms with E-state index < -0.39 is 0 Å². The summed E-state index contributed by atoms with van der Waals surface area (Å²) in [5.41, 5.74) is 1.00. The van der Waals surface area contributed by atoms with Crippen molar-refractivity contribution in [3.63, 3.8) is 0 Å². The van der Waals surface area contributed by atoms with Gasteiger partial charge in [0, 0.05) is 10.9 Å². The first-order chi connectivity index (χ1) is 8.40. The van der Waals surface area contributed by atoms with Crippen molar-refractivity contribution in [3.05, 3.63) is 42.0 Å². The van der Waals surface area contributed by atoms with Gasteiger partial charge in [0.15, 0.2) is 6.29 Å². The van der Waals surface area contributed by atoms with Crippen LogP contribution in [0.2, 0.25) is 0 Å². The molecule has 3 nitrogen and oxygen atoms in total. The molecule has 92 valence electrons. The van der Waals surface area contributed by atoms with Crippen molar-refractivity contribution in [2.45, 2.75) is 6.29 Å². The summed E-state index contributed by atoms with van der Waals surface area (Å²) in [6, 6.07) is 7.82. The van der Waals surface area contributed by atoms with Gasteiger partial charge in [-0.2, -0.15) is 0 Å². The number of halogens is 1. The summed E-state index contributed by atoms with van der Waals surface area (Å²) in [5.74, 6) is 0.834. The normalized spacial score (nSPS) is 16.8. The molecule has 0 spiro atoms. The monoisotopic (exact) mass is 298 g/mol. The molecule has 1 saturated heterocycles. The van der Waals surface area contributed by atoms with Crippen LogP contribution >= 0.6 is 15.9 Å². The minimum atomic E-state index is -0.239. The molecular formula is C13H15BrO3. The Bertz CT molecular complexity index is 373. The van der Waals surface area contributed by atoms with E-state index in [1.165, 1.54) is 0 Å². The van der Waals surface area contributed by atoms with Gasteiger partial charge in [0.1, 0.15) is 12.4 Å². The standard InChI is InChI=1S/C13H15BrO3/c14-6-1-2-7-15-12-5-3-4-11(10-12)13-16-8-9-17-13/h1-5,10,13H,6-9H2/b2-1+. The number of hydrogen-bond donors (Lipinski definition) is 0. The van der Waals surface area contributed by atoms with E-state index in [1.807, 2.05) is 36.4 Å². The van der Waals surface area contributed by atoms with E-state index in [-0.39, 0.29) is 6.29 Å². The van der Waals surface area contributed by atoms with E-state index in [0.717, 1.165) is 16.6 Å². The highest BCUT2D eigenvalue weighted by Crippen LogP contribution is 2.26. The number of allylic oxidation sites excluding steroid dienone is 1. The molecule has 0 aliphatic carbocycles. The van der Waals surface area contributed by atoms with Crippen molar-refractivity contribution in [3.8, 4) is 5.75 Å². The summed E-state index contributed by atoms with van der Waals surface area (Å²) in [4.78, 5) is 0. The van der Waals surface area contributed by atoms with Crippen molar-refractivity contribution in [2.24, 2.45) is 0 Å². The first kappa shape index (κ1) is 12.6. The highest BCUT2D eigenvalue weighted by atomic mass is 79.9. The van der Waals surface area contributed by atoms with E-state index in [0.29, 0.717) is 19.8 Å². The maximum atomic E-state index is 5.59. The van der Waals surface area contributed by atoms with Crippen LogP contribution in [0.5, 0.6) is 5.75 Å². The van der Waals surface area contributed by atoms with E-state index in [2.05, 4.69) is 15.9 Å². The minimum absolute atomic E-state index is 0.239. The van der Waals surface area contributed by atoms with Crippen LogP contribution in [0.15, 0.2) is 36.4 Å². The topological polar surface area (TPSA) is 27.7 Å². The zero-order chi connectivity index (χ0) is 11.9. The predicted octanol–water partition coefficient (Wildman–Crippen LogP) is 3.06. The molecule has 0 N–H and O–H groups in total. The molecule has 0 unspecified atom stereocenters. The molecule has 0 atom stereocenters. The molecule has 0 aromatic heterocycles. The Balaban J connectivity index is 1.93. The van der Waals surface area contributed by atoms with Crippen molar-refractivity contribution in [2.75, 3.05) is 25.2 Å². The van der Waals surface area contributed by atoms with E-state index >= 15 is 0 Å². The average molecular weight is 299 g/mol. The molecule has 0 bridgehead atoms. The molecule has 1 aromatic rings. The zero-order valence-electron chi connectivity index (χ0n) is 9.47. The molecule has 1 aliphatic rings. The van der Waals surface area contributed by atoms with Gasteiger partial charge in [-0.15, -0.1) is 0 Å². The Morgan fingerprint density at radius 1 is 1.29 bits per heavy atom. The van der Waals surface area contributed by atoms with Crippen LogP contribution in [0.1, 0.15) is 11.9 Å². The molecule has 2 rings (SSSR count). The SMILES string of the molecule is BrC/C=C/COc1cccc(C2OCCO2)c1. The molecule has 1 fully saturated rings. The van der Waals surface area contributed by atoms with Gasteiger partial charge in [-0.1, -0.05) is 40.2 Å². The third-order valence-electron chi connectivity index (χ3n) is 2.35. The summed E-state index contributed by atoms with van der Waals surface area (Å²) in [7, 11) is 0. The Labute approximate surface area is 109 Å². The summed E-state index contributed by atoms with van der Waals surface area (Å²) >= 11 is 3.32. The zero-order valence-corrected chi connectivity index (χ0v) is 11.1. The van der Waals surface area contributed by atoms with Crippen molar-refractivity contribution < 1.29 is 14.2 Å². The lowest BCUT2D eigenvalue weighted by Gasteiger charge is -2.11. The summed E-state index contributed by atoms with van der Waals surface area (Å²) < 4.78 is 16.5. The van der Waals surface area contributed by atoms with Gasteiger partial charge < -0.3 is 14.2 Å². The molecule has 0 saturated carbocycles. The van der Waals surface area contributed by atoms with Crippen LogP contribution in [0.25, 0.3) is 0 Å². The first-order valence-corrected chi connectivity index (χ1v) is 6.69. The van der Waals surface area contributed by atoms with Gasteiger partial charge in [-0.05, 0) is 12.1 Å². The van der Waals surface area contributed by atoms with Crippen molar-refractivity contribution >= 4 is 15.9 Å². The molecule has 4 heteroatoms. The number of hydrogen-bond acceptors (Lipinski definition) is 3. The fourth-order valence-electron chi connectivity index (χ4n) is 1.58. The summed E-state index contributed by atoms with van der Waals surface area (Å²) in [5, 5.41) is 0.847. The Kier molecular flexibility index (Phi) is 5.04. The first-order valence-electron chi connectivity index (χ1n) is 5.57. The maximum absolute atomic E-state index is 5.59. The second kappa shape index (κ2) is 6.79. The van der Waals surface area contributed by atoms with E-state index in [4.69, 9.17) is 14.2 Å². The second-order valence-corrected chi connectivity index (χ2v) is 4.23. The molecule has 0 amide bonds.